The summed E-state index contributed by atoms with van der Waals surface area (Å²) in [7, 11) is 0. The molecule has 0 bridgehead atoms. The van der Waals surface area contributed by atoms with E-state index in [0.29, 0.717) is 11.3 Å². The molecule has 0 aliphatic rings. The fraction of sp³-hybridized carbons (Fsp3) is 0.0889. The Bertz CT molecular complexity index is 2460. The van der Waals surface area contributed by atoms with Crippen LogP contribution in [0.1, 0.15) is 39.2 Å². The summed E-state index contributed by atoms with van der Waals surface area (Å²) in [4.78, 5) is 41.5. The molecular formula is C45H38N4O3S. The summed E-state index contributed by atoms with van der Waals surface area (Å²) in [5.74, 6) is -0.985. The van der Waals surface area contributed by atoms with Crippen LogP contribution in [0.15, 0.2) is 162 Å². The van der Waals surface area contributed by atoms with E-state index in [0.717, 1.165) is 50.1 Å². The minimum atomic E-state index is -0.541. The molecule has 6 aromatic carbocycles. The first-order valence-corrected chi connectivity index (χ1v) is 18.3. The molecule has 0 fully saturated rings. The molecule has 262 valence electrons. The van der Waals surface area contributed by atoms with Crippen LogP contribution < -0.4 is 16.0 Å². The average molecular weight is 715 g/mol. The van der Waals surface area contributed by atoms with Crippen molar-refractivity contribution in [1.29, 1.82) is 0 Å². The molecular weight excluding hydrogens is 677 g/mol. The van der Waals surface area contributed by atoms with Gasteiger partial charge in [-0.1, -0.05) is 91.0 Å². The van der Waals surface area contributed by atoms with E-state index < -0.39 is 11.2 Å². The number of aryl methyl sites for hydroxylation is 2. The summed E-state index contributed by atoms with van der Waals surface area (Å²) in [6, 6.07) is 47.9. The molecule has 53 heavy (non-hydrogen) atoms. The number of thioether (sulfide) groups is 1. The van der Waals surface area contributed by atoms with Gasteiger partial charge in [0.15, 0.2) is 0 Å². The maximum absolute atomic E-state index is 14.0. The van der Waals surface area contributed by atoms with E-state index in [-0.39, 0.29) is 17.5 Å². The van der Waals surface area contributed by atoms with Crippen LogP contribution in [-0.4, -0.2) is 22.3 Å². The van der Waals surface area contributed by atoms with Gasteiger partial charge in [-0.3, -0.25) is 14.4 Å². The molecule has 1 aromatic heterocycles. The van der Waals surface area contributed by atoms with Gasteiger partial charge in [0.05, 0.1) is 0 Å². The van der Waals surface area contributed by atoms with Crippen LogP contribution in [0.4, 0.5) is 11.4 Å². The molecule has 7 nitrogen and oxygen atoms in total. The van der Waals surface area contributed by atoms with Crippen LogP contribution in [0, 0.1) is 6.92 Å². The van der Waals surface area contributed by atoms with Crippen LogP contribution in [0.25, 0.3) is 27.9 Å². The maximum atomic E-state index is 14.0. The van der Waals surface area contributed by atoms with Crippen molar-refractivity contribution in [2.75, 3.05) is 10.6 Å². The van der Waals surface area contributed by atoms with Gasteiger partial charge in [0.1, 0.15) is 10.9 Å². The lowest BCUT2D eigenvalue weighted by Crippen LogP contribution is -2.30. The smallest absolute Gasteiger partial charge is 0.272 e. The first-order valence-electron chi connectivity index (χ1n) is 17.5. The number of hydrogen-bond donors (Lipinski definition) is 3. The first-order chi connectivity index (χ1) is 25.9. The number of aromatic nitrogens is 1. The summed E-state index contributed by atoms with van der Waals surface area (Å²) >= 11 is 1.43. The second-order valence-electron chi connectivity index (χ2n) is 12.6. The number of nitrogens with one attached hydrogen (secondary N) is 3. The van der Waals surface area contributed by atoms with Crippen molar-refractivity contribution in [3.05, 3.63) is 180 Å². The second kappa shape index (κ2) is 15.9. The van der Waals surface area contributed by atoms with Gasteiger partial charge in [-0.2, -0.15) is 0 Å². The Morgan fingerprint density at radius 3 is 2.06 bits per heavy atom. The van der Waals surface area contributed by atoms with Crippen molar-refractivity contribution in [1.82, 2.24) is 9.88 Å². The molecule has 0 spiro atoms. The molecule has 3 amide bonds. The second-order valence-corrected chi connectivity index (χ2v) is 13.8. The van der Waals surface area contributed by atoms with E-state index in [1.165, 1.54) is 17.3 Å². The number of nitrogens with zero attached hydrogens (tertiary/aromatic N) is 1. The van der Waals surface area contributed by atoms with Gasteiger partial charge in [-0.15, -0.1) is 11.8 Å². The largest absolute Gasteiger partial charge is 0.341 e. The zero-order chi connectivity index (χ0) is 36.7. The SMILES string of the molecule is CCn1c2ccccc2c2cc(NC(=O)C(Sc3ccc(NC(=O)/C(=C/c4ccccc4C)NC(=O)c4ccccc4)cc3)c3ccccc3)ccc21. The third-order valence-electron chi connectivity index (χ3n) is 9.08. The van der Waals surface area contributed by atoms with Gasteiger partial charge < -0.3 is 20.5 Å². The molecule has 0 aliphatic carbocycles. The number of carbonyl (C=O) groups excluding carboxylic acids is 3. The van der Waals surface area contributed by atoms with E-state index in [1.807, 2.05) is 97.9 Å². The summed E-state index contributed by atoms with van der Waals surface area (Å²) in [6.07, 6.45) is 1.68. The quantitative estimate of drug-likeness (QED) is 0.0919. The number of hydrogen-bond acceptors (Lipinski definition) is 4. The Balaban J connectivity index is 1.10. The van der Waals surface area contributed by atoms with Crippen LogP contribution >= 0.6 is 11.8 Å². The molecule has 1 unspecified atom stereocenters. The number of rotatable bonds is 11. The fourth-order valence-corrected chi connectivity index (χ4v) is 7.40. The van der Waals surface area contributed by atoms with Crippen molar-refractivity contribution < 1.29 is 14.4 Å². The van der Waals surface area contributed by atoms with E-state index in [2.05, 4.69) is 51.7 Å². The molecule has 7 aromatic rings. The lowest BCUT2D eigenvalue weighted by molar-refractivity contribution is -0.116. The highest BCUT2D eigenvalue weighted by Crippen LogP contribution is 2.38. The lowest BCUT2D eigenvalue weighted by atomic mass is 10.1. The molecule has 1 atom stereocenters. The number of carbonyl (C=O) groups is 3. The fourth-order valence-electron chi connectivity index (χ4n) is 6.38. The first kappa shape index (κ1) is 35.0. The summed E-state index contributed by atoms with van der Waals surface area (Å²) in [5, 5.41) is 10.6. The minimum absolute atomic E-state index is 0.116. The van der Waals surface area contributed by atoms with Crippen molar-refractivity contribution >= 4 is 68.7 Å². The Morgan fingerprint density at radius 2 is 1.32 bits per heavy atom. The van der Waals surface area contributed by atoms with E-state index in [9.17, 15) is 14.4 Å². The van der Waals surface area contributed by atoms with Crippen LogP contribution in [0.3, 0.4) is 0 Å². The van der Waals surface area contributed by atoms with Crippen molar-refractivity contribution in [2.45, 2.75) is 30.5 Å². The predicted molar refractivity (Wildman–Crippen MR) is 217 cm³/mol. The van der Waals surface area contributed by atoms with Crippen molar-refractivity contribution in [3.8, 4) is 0 Å². The molecule has 8 heteroatoms. The Kier molecular flexibility index (Phi) is 10.5. The molecule has 0 saturated heterocycles. The normalized spacial score (nSPS) is 12.0. The number of fused-ring (bicyclic) bond motifs is 3. The standard InChI is InChI=1S/C45H38N4O3S/c1-3-49-40-21-13-12-20-37(40)38-29-35(24-27-41(38)49)47-45(52)42(31-15-6-4-7-16-31)53-36-25-22-34(23-26-36)46-44(51)39(28-33-19-11-10-14-30(33)2)48-43(50)32-17-8-5-9-18-32/h4-29,42H,3H2,1-2H3,(H,46,51)(H,47,52)(H,48,50)/b39-28-. The van der Waals surface area contributed by atoms with Gasteiger partial charge in [-0.25, -0.2) is 0 Å². The number of amides is 3. The Hall–Kier alpha value is -6.38. The van der Waals surface area contributed by atoms with Gasteiger partial charge in [0.2, 0.25) is 5.91 Å². The van der Waals surface area contributed by atoms with Gasteiger partial charge in [-0.05, 0) is 97.3 Å². The van der Waals surface area contributed by atoms with Crippen LogP contribution in [0.5, 0.6) is 0 Å². The lowest BCUT2D eigenvalue weighted by Gasteiger charge is -2.18. The third-order valence-corrected chi connectivity index (χ3v) is 10.3. The molecule has 0 saturated carbocycles. The molecule has 0 radical (unpaired) electrons. The molecule has 3 N–H and O–H groups in total. The molecule has 0 aliphatic heterocycles. The van der Waals surface area contributed by atoms with Crippen molar-refractivity contribution in [2.24, 2.45) is 0 Å². The molecule has 1 heterocycles. The highest BCUT2D eigenvalue weighted by molar-refractivity contribution is 8.00. The average Bonchev–Trinajstić information content (AvgIpc) is 3.51. The summed E-state index contributed by atoms with van der Waals surface area (Å²) < 4.78 is 2.28. The monoisotopic (exact) mass is 714 g/mol. The summed E-state index contributed by atoms with van der Waals surface area (Å²) in [6.45, 7) is 4.93. The van der Waals surface area contributed by atoms with E-state index in [1.54, 1.807) is 42.5 Å². The van der Waals surface area contributed by atoms with Gasteiger partial charge in [0.25, 0.3) is 11.8 Å². The summed E-state index contributed by atoms with van der Waals surface area (Å²) in [5.41, 5.74) is 6.79. The van der Waals surface area contributed by atoms with Crippen LogP contribution in [0.2, 0.25) is 0 Å². The van der Waals surface area contributed by atoms with Gasteiger partial charge >= 0.3 is 0 Å². The van der Waals surface area contributed by atoms with Crippen LogP contribution in [-0.2, 0) is 16.1 Å². The highest BCUT2D eigenvalue weighted by atomic mass is 32.2. The Labute approximate surface area is 312 Å². The minimum Gasteiger partial charge on any atom is -0.341 e. The topological polar surface area (TPSA) is 92.2 Å². The van der Waals surface area contributed by atoms with Crippen molar-refractivity contribution in [3.63, 3.8) is 0 Å². The maximum Gasteiger partial charge on any atom is 0.272 e. The highest BCUT2D eigenvalue weighted by Gasteiger charge is 2.23. The zero-order valence-electron chi connectivity index (χ0n) is 29.4. The van der Waals surface area contributed by atoms with E-state index in [4.69, 9.17) is 0 Å². The number of benzene rings is 6. The Morgan fingerprint density at radius 1 is 0.679 bits per heavy atom. The zero-order valence-corrected chi connectivity index (χ0v) is 30.2. The third kappa shape index (κ3) is 7.93. The number of anilines is 2. The number of para-hydroxylation sites is 1. The van der Waals surface area contributed by atoms with Gasteiger partial charge in [0, 0.05) is 50.2 Å². The van der Waals surface area contributed by atoms with E-state index >= 15 is 0 Å². The molecule has 7 rings (SSSR count). The predicted octanol–water partition coefficient (Wildman–Crippen LogP) is 10.0.